The number of hydrogen-bond donors (Lipinski definition) is 0. The molecule has 0 bridgehead atoms. The molecule has 1 aliphatic rings. The van der Waals surface area contributed by atoms with Crippen molar-refractivity contribution in [2.75, 3.05) is 4.90 Å². The number of carbonyl (C=O) groups excluding carboxylic acids is 1. The highest BCUT2D eigenvalue weighted by Crippen LogP contribution is 2.38. The summed E-state index contributed by atoms with van der Waals surface area (Å²) in [6.45, 7) is 5.17. The summed E-state index contributed by atoms with van der Waals surface area (Å²) in [5.74, 6) is -0.0491. The Hall–Kier alpha value is -2.89. The number of para-hydroxylation sites is 2. The maximum absolute atomic E-state index is 13.3. The fraction of sp³-hybridized carbons (Fsp3) is 0.154. The molecule has 0 N–H and O–H groups in total. The van der Waals surface area contributed by atoms with E-state index in [1.165, 1.54) is 33.6 Å². The van der Waals surface area contributed by atoms with Crippen molar-refractivity contribution >= 4 is 67.8 Å². The molecule has 1 amide bonds. The number of nitrogens with zero attached hydrogens (tertiary/aromatic N) is 2. The molecule has 5 rings (SSSR count). The second-order valence-electron chi connectivity index (χ2n) is 7.54. The van der Waals surface area contributed by atoms with Crippen LogP contribution in [0.25, 0.3) is 27.9 Å². The average Bonchev–Trinajstić information content (AvgIpc) is 3.26. The first-order valence-corrected chi connectivity index (χ1v) is 11.7. The highest BCUT2D eigenvalue weighted by Gasteiger charge is 2.34. The van der Waals surface area contributed by atoms with Crippen LogP contribution >= 0.6 is 24.0 Å². The lowest BCUT2D eigenvalue weighted by Gasteiger charge is -2.18. The lowest BCUT2D eigenvalue weighted by atomic mass is 10.1. The van der Waals surface area contributed by atoms with Gasteiger partial charge in [-0.05, 0) is 54.8 Å². The summed E-state index contributed by atoms with van der Waals surface area (Å²) >= 11 is 6.96. The van der Waals surface area contributed by atoms with Crippen LogP contribution in [0.5, 0.6) is 0 Å². The van der Waals surface area contributed by atoms with Gasteiger partial charge in [-0.25, -0.2) is 0 Å². The van der Waals surface area contributed by atoms with Gasteiger partial charge in [0.15, 0.2) is 4.32 Å². The van der Waals surface area contributed by atoms with Crippen LogP contribution in [-0.2, 0) is 17.8 Å². The summed E-state index contributed by atoms with van der Waals surface area (Å²) in [6, 6.07) is 22.9. The first kappa shape index (κ1) is 20.0. The highest BCUT2D eigenvalue weighted by molar-refractivity contribution is 8.27. The molecule has 0 radical (unpaired) electrons. The van der Waals surface area contributed by atoms with Crippen LogP contribution in [0.4, 0.5) is 5.69 Å². The number of thiocarbonyl (C=S) groups is 1. The number of hydrogen-bond acceptors (Lipinski definition) is 3. The van der Waals surface area contributed by atoms with Crippen molar-refractivity contribution < 1.29 is 4.79 Å². The Labute approximate surface area is 191 Å². The summed E-state index contributed by atoms with van der Waals surface area (Å²) in [5, 5.41) is 2.44. The molecular weight excluding hydrogens is 420 g/mol. The number of thioether (sulfide) groups is 1. The van der Waals surface area contributed by atoms with Crippen molar-refractivity contribution in [1.82, 2.24) is 4.57 Å². The highest BCUT2D eigenvalue weighted by atomic mass is 32.2. The van der Waals surface area contributed by atoms with Gasteiger partial charge in [-0.1, -0.05) is 73.4 Å². The lowest BCUT2D eigenvalue weighted by Crippen LogP contribution is -2.28. The largest absolute Gasteiger partial charge is 0.341 e. The van der Waals surface area contributed by atoms with E-state index in [2.05, 4.69) is 66.9 Å². The van der Waals surface area contributed by atoms with E-state index < -0.39 is 0 Å². The molecule has 0 aliphatic carbocycles. The first-order chi connectivity index (χ1) is 15.1. The summed E-state index contributed by atoms with van der Waals surface area (Å²) in [4.78, 5) is 15.6. The fourth-order valence-corrected chi connectivity index (χ4v) is 5.64. The van der Waals surface area contributed by atoms with E-state index in [0.717, 1.165) is 29.8 Å². The molecule has 0 atom stereocenters. The Kier molecular flexibility index (Phi) is 5.16. The van der Waals surface area contributed by atoms with E-state index in [0.29, 0.717) is 9.23 Å². The smallest absolute Gasteiger partial charge is 0.270 e. The van der Waals surface area contributed by atoms with Crippen molar-refractivity contribution in [3.8, 4) is 0 Å². The number of rotatable bonds is 4. The summed E-state index contributed by atoms with van der Waals surface area (Å²) in [7, 11) is 0. The van der Waals surface area contributed by atoms with Crippen LogP contribution in [-0.4, -0.2) is 14.8 Å². The molecule has 1 fully saturated rings. The molecule has 3 nitrogen and oxygen atoms in total. The minimum Gasteiger partial charge on any atom is -0.341 e. The normalized spacial score (nSPS) is 15.7. The van der Waals surface area contributed by atoms with Gasteiger partial charge < -0.3 is 4.57 Å². The van der Waals surface area contributed by atoms with Crippen LogP contribution in [0.1, 0.15) is 25.0 Å². The van der Waals surface area contributed by atoms with E-state index in [-0.39, 0.29) is 5.91 Å². The first-order valence-electron chi connectivity index (χ1n) is 10.5. The zero-order valence-corrected chi connectivity index (χ0v) is 19.1. The van der Waals surface area contributed by atoms with Gasteiger partial charge in [-0.2, -0.15) is 0 Å². The minimum atomic E-state index is -0.0491. The summed E-state index contributed by atoms with van der Waals surface area (Å²) in [5.41, 5.74) is 5.46. The average molecular weight is 443 g/mol. The van der Waals surface area contributed by atoms with Crippen LogP contribution in [0.3, 0.4) is 0 Å². The summed E-state index contributed by atoms with van der Waals surface area (Å²) < 4.78 is 2.91. The van der Waals surface area contributed by atoms with Gasteiger partial charge in [0.2, 0.25) is 0 Å². The molecule has 1 saturated heterocycles. The Balaban J connectivity index is 1.57. The van der Waals surface area contributed by atoms with E-state index >= 15 is 0 Å². The van der Waals surface area contributed by atoms with Crippen molar-refractivity contribution in [1.29, 1.82) is 0 Å². The van der Waals surface area contributed by atoms with Gasteiger partial charge in [-0.3, -0.25) is 9.69 Å². The topological polar surface area (TPSA) is 25.2 Å². The number of amides is 1. The molecule has 4 aromatic rings. The Bertz CT molecular complexity index is 1380. The van der Waals surface area contributed by atoms with E-state index in [9.17, 15) is 4.79 Å². The van der Waals surface area contributed by atoms with Crippen molar-refractivity contribution in [3.05, 3.63) is 82.8 Å². The number of anilines is 1. The standard InChI is InChI=1S/C26H22N2OS2/c1-3-18-9-5-7-11-21(18)28-25(29)24(31-26(28)30)16-17-13-14-23-20(15-17)19-10-6-8-12-22(19)27(23)4-2/h5-16H,3-4H2,1-2H3/b24-16+. The van der Waals surface area contributed by atoms with Gasteiger partial charge >= 0.3 is 0 Å². The molecule has 3 aromatic carbocycles. The Morgan fingerprint density at radius 3 is 2.48 bits per heavy atom. The number of aromatic nitrogens is 1. The number of fused-ring (bicyclic) bond motifs is 3. The van der Waals surface area contributed by atoms with Crippen molar-refractivity contribution in [2.45, 2.75) is 26.8 Å². The van der Waals surface area contributed by atoms with Gasteiger partial charge in [-0.15, -0.1) is 0 Å². The van der Waals surface area contributed by atoms with Gasteiger partial charge in [0, 0.05) is 28.4 Å². The van der Waals surface area contributed by atoms with Crippen LogP contribution in [0.15, 0.2) is 71.6 Å². The monoisotopic (exact) mass is 442 g/mol. The van der Waals surface area contributed by atoms with Gasteiger partial charge in [0.05, 0.1) is 10.6 Å². The molecule has 2 heterocycles. The van der Waals surface area contributed by atoms with Crippen LogP contribution < -0.4 is 4.90 Å². The quantitative estimate of drug-likeness (QED) is 0.257. The van der Waals surface area contributed by atoms with Gasteiger partial charge in [0.1, 0.15) is 0 Å². The lowest BCUT2D eigenvalue weighted by molar-refractivity contribution is -0.113. The summed E-state index contributed by atoms with van der Waals surface area (Å²) in [6.07, 6.45) is 2.82. The molecule has 1 aromatic heterocycles. The minimum absolute atomic E-state index is 0.0491. The third-order valence-electron chi connectivity index (χ3n) is 5.82. The second-order valence-corrected chi connectivity index (χ2v) is 9.21. The molecule has 0 spiro atoms. The predicted molar refractivity (Wildman–Crippen MR) is 137 cm³/mol. The van der Waals surface area contributed by atoms with Crippen LogP contribution in [0, 0.1) is 0 Å². The van der Waals surface area contributed by atoms with E-state index in [1.54, 1.807) is 4.90 Å². The van der Waals surface area contributed by atoms with Crippen LogP contribution in [0.2, 0.25) is 0 Å². The van der Waals surface area contributed by atoms with Crippen molar-refractivity contribution in [3.63, 3.8) is 0 Å². The fourth-order valence-electron chi connectivity index (χ4n) is 4.36. The van der Waals surface area contributed by atoms with Crippen molar-refractivity contribution in [2.24, 2.45) is 0 Å². The number of carbonyl (C=O) groups is 1. The molecular formula is C26H22N2OS2. The maximum Gasteiger partial charge on any atom is 0.270 e. The second kappa shape index (κ2) is 7.98. The predicted octanol–water partition coefficient (Wildman–Crippen LogP) is 6.78. The van der Waals surface area contributed by atoms with Gasteiger partial charge in [0.25, 0.3) is 5.91 Å². The zero-order valence-electron chi connectivity index (χ0n) is 17.5. The SMILES string of the molecule is CCc1ccccc1N1C(=O)/C(=C\c2ccc3c(c2)c2ccccc2n3CC)SC1=S. The van der Waals surface area contributed by atoms with E-state index in [1.807, 2.05) is 24.3 Å². The molecule has 31 heavy (non-hydrogen) atoms. The zero-order chi connectivity index (χ0) is 21.5. The molecule has 154 valence electrons. The third kappa shape index (κ3) is 3.29. The molecule has 0 saturated carbocycles. The Morgan fingerprint density at radius 2 is 1.68 bits per heavy atom. The Morgan fingerprint density at radius 1 is 0.935 bits per heavy atom. The maximum atomic E-state index is 13.3. The third-order valence-corrected chi connectivity index (χ3v) is 7.12. The molecule has 0 unspecified atom stereocenters. The van der Waals surface area contributed by atoms with E-state index in [4.69, 9.17) is 12.2 Å². The number of aryl methyl sites for hydroxylation is 2. The molecule has 1 aliphatic heterocycles. The number of benzene rings is 3. The molecule has 5 heteroatoms.